The molecule has 324 valence electrons. The number of carboxylic acid groups (broad SMARTS) is 1. The number of carboxylic acids is 1. The van der Waals surface area contributed by atoms with Gasteiger partial charge in [0.1, 0.15) is 31.2 Å². The van der Waals surface area contributed by atoms with Gasteiger partial charge >= 0.3 is 41.8 Å². The van der Waals surface area contributed by atoms with Gasteiger partial charge in [0, 0.05) is 53.0 Å². The van der Waals surface area contributed by atoms with Gasteiger partial charge in [-0.1, -0.05) is 48.5 Å². The van der Waals surface area contributed by atoms with Gasteiger partial charge in [-0.05, 0) is 23.8 Å². The van der Waals surface area contributed by atoms with Gasteiger partial charge in [-0.25, -0.2) is 0 Å². The highest BCUT2D eigenvalue weighted by Crippen LogP contribution is 2.38. The number of carbonyl (C=O) groups excluding carboxylic acids is 7. The van der Waals surface area contributed by atoms with Crippen molar-refractivity contribution in [1.82, 2.24) is 0 Å². The van der Waals surface area contributed by atoms with Gasteiger partial charge in [0.15, 0.2) is 36.5 Å². The molecule has 1 N–H and O–H groups in total. The fourth-order valence-corrected chi connectivity index (χ4v) is 6.49. The van der Waals surface area contributed by atoms with Crippen LogP contribution in [0, 0.1) is 5.92 Å². The van der Waals surface area contributed by atoms with E-state index in [1.165, 1.54) is 18.2 Å². The van der Waals surface area contributed by atoms with Crippen LogP contribution in [0.4, 0.5) is 0 Å². The van der Waals surface area contributed by atoms with E-state index < -0.39 is 123 Å². The van der Waals surface area contributed by atoms with E-state index in [9.17, 15) is 43.5 Å². The van der Waals surface area contributed by atoms with Crippen molar-refractivity contribution in [2.75, 3.05) is 13.2 Å². The number of benzene rings is 2. The number of ketones is 1. The van der Waals surface area contributed by atoms with Crippen LogP contribution in [0.5, 0.6) is 5.75 Å². The number of carbonyl (C=O) groups is 8. The van der Waals surface area contributed by atoms with Crippen molar-refractivity contribution in [3.8, 4) is 5.75 Å². The summed E-state index contributed by atoms with van der Waals surface area (Å²) in [6.07, 6.45) is -12.1. The third-order valence-corrected chi connectivity index (χ3v) is 8.81. The van der Waals surface area contributed by atoms with Gasteiger partial charge in [0.2, 0.25) is 6.29 Å². The number of hydrogen-bond donors (Lipinski definition) is 1. The van der Waals surface area contributed by atoms with Crippen molar-refractivity contribution in [1.29, 1.82) is 0 Å². The summed E-state index contributed by atoms with van der Waals surface area (Å²) in [5.41, 5.74) is 1.11. The molecular weight excluding hydrogens is 796 g/mol. The Kier molecular flexibility index (Phi) is 16.8. The summed E-state index contributed by atoms with van der Waals surface area (Å²) in [4.78, 5) is 98.7. The first-order valence-corrected chi connectivity index (χ1v) is 18.6. The molecule has 2 heterocycles. The minimum atomic E-state index is -1.83. The lowest BCUT2D eigenvalue weighted by Gasteiger charge is -2.49. The first-order chi connectivity index (χ1) is 28.4. The molecule has 2 saturated heterocycles. The van der Waals surface area contributed by atoms with E-state index in [0.717, 1.165) is 41.5 Å². The highest BCUT2D eigenvalue weighted by molar-refractivity contribution is 6.06. The number of aliphatic carboxylic acids is 1. The lowest BCUT2D eigenvalue weighted by atomic mass is 9.85. The molecule has 0 aromatic heterocycles. The monoisotopic (exact) mass is 842 g/mol. The number of allylic oxidation sites excluding steroid dienone is 1. The summed E-state index contributed by atoms with van der Waals surface area (Å²) < 4.78 is 57.3. The van der Waals surface area contributed by atoms with Crippen molar-refractivity contribution < 1.29 is 90.8 Å². The molecule has 2 aliphatic rings. The Labute approximate surface area is 344 Å². The predicted molar refractivity (Wildman–Crippen MR) is 200 cm³/mol. The predicted octanol–water partition coefficient (Wildman–Crippen LogP) is 2.74. The lowest BCUT2D eigenvalue weighted by molar-refractivity contribution is -0.349. The minimum absolute atomic E-state index is 0.156. The second-order valence-electron chi connectivity index (χ2n) is 13.6. The Hall–Kier alpha value is -6.18. The lowest BCUT2D eigenvalue weighted by Crippen LogP contribution is -2.66. The van der Waals surface area contributed by atoms with Crippen LogP contribution in [-0.4, -0.2) is 121 Å². The molecule has 2 aromatic carbocycles. The van der Waals surface area contributed by atoms with Crippen LogP contribution >= 0.6 is 0 Å². The molecular formula is C41H46O19. The molecule has 0 spiro atoms. The van der Waals surface area contributed by atoms with Gasteiger partial charge in [-0.15, -0.1) is 0 Å². The molecule has 4 rings (SSSR count). The van der Waals surface area contributed by atoms with E-state index in [-0.39, 0.29) is 11.5 Å². The summed E-state index contributed by atoms with van der Waals surface area (Å²) in [5, 5.41) is 10.2. The molecule has 2 aromatic rings. The molecule has 0 unspecified atom stereocenters. The van der Waals surface area contributed by atoms with E-state index in [0.29, 0.717) is 11.1 Å². The van der Waals surface area contributed by atoms with Crippen LogP contribution in [0.3, 0.4) is 0 Å². The molecule has 10 atom stereocenters. The fraction of sp³-hybridized carbons (Fsp3) is 0.463. The fourth-order valence-electron chi connectivity index (χ4n) is 6.49. The third kappa shape index (κ3) is 13.7. The summed E-state index contributed by atoms with van der Waals surface area (Å²) in [7, 11) is 0. The average molecular weight is 843 g/mol. The number of hydrogen-bond acceptors (Lipinski definition) is 18. The standard InChI is InChI=1S/C41H46O19/c1-21(42)51-19-32-35(60-41-39(56-26(6)47)38(55-25(5)46)37(54-24(4)45)33(59-41)20-52-22(2)43)30(18-34(49)50)36(53-23(3)44)40(58-32)57-29-15-12-27(13-16-29)14-17-31(48)28-10-8-7-9-11-28/h7-17,30,32-33,35-41H,18-20H2,1-6H3,(H,49,50)/b17-14+/t30-,32+,33+,35-,36+,37+,38-,39+,40+,41-/m1/s1. The van der Waals surface area contributed by atoms with Crippen LogP contribution < -0.4 is 4.74 Å². The van der Waals surface area contributed by atoms with Crippen molar-refractivity contribution in [2.24, 2.45) is 5.92 Å². The molecule has 19 nitrogen and oxygen atoms in total. The quantitative estimate of drug-likeness (QED) is 0.104. The highest BCUT2D eigenvalue weighted by Gasteiger charge is 2.57. The van der Waals surface area contributed by atoms with Crippen molar-refractivity contribution in [2.45, 2.75) is 103 Å². The van der Waals surface area contributed by atoms with E-state index in [4.69, 9.17) is 47.4 Å². The number of ether oxygens (including phenoxy) is 10. The highest BCUT2D eigenvalue weighted by atomic mass is 16.8. The van der Waals surface area contributed by atoms with Crippen LogP contribution in [0.15, 0.2) is 60.7 Å². The molecule has 19 heteroatoms. The average Bonchev–Trinajstić information content (AvgIpc) is 3.16. The molecule has 2 aliphatic heterocycles. The van der Waals surface area contributed by atoms with Crippen LogP contribution in [0.25, 0.3) is 6.08 Å². The van der Waals surface area contributed by atoms with Gasteiger partial charge < -0.3 is 52.5 Å². The van der Waals surface area contributed by atoms with E-state index >= 15 is 0 Å². The van der Waals surface area contributed by atoms with Gasteiger partial charge in [0.05, 0.1) is 12.5 Å². The Balaban J connectivity index is 1.74. The first kappa shape index (κ1) is 46.5. The van der Waals surface area contributed by atoms with Crippen LogP contribution in [0.2, 0.25) is 0 Å². The van der Waals surface area contributed by atoms with E-state index in [1.54, 1.807) is 48.5 Å². The largest absolute Gasteiger partial charge is 0.481 e. The van der Waals surface area contributed by atoms with E-state index in [2.05, 4.69) is 0 Å². The van der Waals surface area contributed by atoms with Crippen LogP contribution in [0.1, 0.15) is 63.9 Å². The second kappa shape index (κ2) is 21.7. The van der Waals surface area contributed by atoms with E-state index in [1.807, 2.05) is 0 Å². The molecule has 2 fully saturated rings. The maximum atomic E-state index is 12.6. The van der Waals surface area contributed by atoms with Gasteiger partial charge in [-0.2, -0.15) is 0 Å². The summed E-state index contributed by atoms with van der Waals surface area (Å²) in [6.45, 7) is 5.15. The molecule has 0 aliphatic carbocycles. The Morgan fingerprint density at radius 2 is 1.08 bits per heavy atom. The molecule has 0 radical (unpaired) electrons. The summed E-state index contributed by atoms with van der Waals surface area (Å²) >= 11 is 0. The zero-order valence-corrected chi connectivity index (χ0v) is 33.5. The number of rotatable bonds is 17. The zero-order valence-electron chi connectivity index (χ0n) is 33.5. The molecule has 0 amide bonds. The maximum absolute atomic E-state index is 12.6. The maximum Gasteiger partial charge on any atom is 0.303 e. The van der Waals surface area contributed by atoms with Crippen molar-refractivity contribution in [3.05, 3.63) is 71.8 Å². The Morgan fingerprint density at radius 3 is 1.62 bits per heavy atom. The molecule has 0 saturated carbocycles. The SMILES string of the molecule is CC(=O)OC[C@@H]1O[C@H](Oc2ccc(/C=C/C(=O)c3ccccc3)cc2)[C@@H](OC(C)=O)[C@H](CC(=O)O)[C@H]1O[C@H]1O[C@@H](COC(C)=O)[C@H](OC(C)=O)[C@@H](OC(C)=O)[C@@H]1OC(C)=O. The smallest absolute Gasteiger partial charge is 0.303 e. The minimum Gasteiger partial charge on any atom is -0.481 e. The summed E-state index contributed by atoms with van der Waals surface area (Å²) in [6, 6.07) is 14.9. The van der Waals surface area contributed by atoms with Crippen molar-refractivity contribution in [3.63, 3.8) is 0 Å². The van der Waals surface area contributed by atoms with Gasteiger partial charge in [0.25, 0.3) is 0 Å². The Bertz CT molecular complexity index is 1890. The Morgan fingerprint density at radius 1 is 0.583 bits per heavy atom. The number of esters is 6. The molecule has 0 bridgehead atoms. The zero-order chi connectivity index (χ0) is 44.1. The summed E-state index contributed by atoms with van der Waals surface area (Å²) in [5.74, 6) is -8.02. The second-order valence-corrected chi connectivity index (χ2v) is 13.6. The first-order valence-electron chi connectivity index (χ1n) is 18.6. The normalized spacial score (nSPS) is 26.2. The van der Waals surface area contributed by atoms with Crippen LogP contribution in [-0.2, 0) is 76.2 Å². The topological polar surface area (TPSA) is 249 Å². The van der Waals surface area contributed by atoms with Gasteiger partial charge in [-0.3, -0.25) is 38.4 Å². The molecule has 60 heavy (non-hydrogen) atoms. The third-order valence-electron chi connectivity index (χ3n) is 8.81. The van der Waals surface area contributed by atoms with Crippen molar-refractivity contribution >= 4 is 53.6 Å².